The Morgan fingerprint density at radius 1 is 0.225 bits per heavy atom. The van der Waals surface area contributed by atoms with Crippen LogP contribution < -0.4 is 0 Å². The van der Waals surface area contributed by atoms with Crippen LogP contribution in [0.2, 0.25) is 0 Å². The van der Waals surface area contributed by atoms with Gasteiger partial charge in [-0.1, -0.05) is 342 Å². The van der Waals surface area contributed by atoms with Gasteiger partial charge in [0, 0.05) is 19.3 Å². The van der Waals surface area contributed by atoms with Crippen LogP contribution in [0.4, 0.5) is 0 Å². The molecule has 0 rings (SSSR count). The van der Waals surface area contributed by atoms with Gasteiger partial charge in [0.15, 0.2) is 6.10 Å². The van der Waals surface area contributed by atoms with E-state index in [1.807, 2.05) is 0 Å². The molecule has 6 nitrogen and oxygen atoms in total. The predicted molar refractivity (Wildman–Crippen MR) is 307 cm³/mol. The van der Waals surface area contributed by atoms with E-state index < -0.39 is 6.10 Å². The van der Waals surface area contributed by atoms with Gasteiger partial charge in [0.25, 0.3) is 0 Å². The molecule has 0 radical (unpaired) electrons. The normalized spacial score (nSPS) is 11.9. The third-order valence-corrected chi connectivity index (χ3v) is 15.1. The van der Waals surface area contributed by atoms with Gasteiger partial charge in [-0.05, 0) is 19.3 Å². The molecule has 6 heteroatoms. The summed E-state index contributed by atoms with van der Waals surface area (Å²) in [5.41, 5.74) is 0. The van der Waals surface area contributed by atoms with Gasteiger partial charge in [0.2, 0.25) is 0 Å². The lowest BCUT2D eigenvalue weighted by Crippen LogP contribution is -2.30. The fourth-order valence-electron chi connectivity index (χ4n) is 10.2. The number of unbranched alkanes of at least 4 members (excludes halogenated alkanes) is 50. The Balaban J connectivity index is 4.25. The van der Waals surface area contributed by atoms with E-state index in [1.54, 1.807) is 0 Å². The van der Waals surface area contributed by atoms with Crippen molar-refractivity contribution in [3.63, 3.8) is 0 Å². The summed E-state index contributed by atoms with van der Waals surface area (Å²) in [6.45, 7) is 6.73. The number of carbonyl (C=O) groups excluding carboxylic acids is 3. The van der Waals surface area contributed by atoms with Gasteiger partial charge in [-0.15, -0.1) is 0 Å². The van der Waals surface area contributed by atoms with Gasteiger partial charge >= 0.3 is 17.9 Å². The van der Waals surface area contributed by atoms with E-state index in [1.165, 1.54) is 283 Å². The predicted octanol–water partition coefficient (Wildman–Crippen LogP) is 21.9. The second kappa shape index (κ2) is 61.0. The summed E-state index contributed by atoms with van der Waals surface area (Å²) in [6, 6.07) is 0. The zero-order valence-electron chi connectivity index (χ0n) is 48.5. The second-order valence-electron chi connectivity index (χ2n) is 22.4. The third-order valence-electron chi connectivity index (χ3n) is 15.1. The molecule has 0 fully saturated rings. The molecule has 0 aliphatic carbocycles. The first-order valence-electron chi connectivity index (χ1n) is 32.5. The Labute approximate surface area is 444 Å². The number of esters is 3. The molecular formula is C65H126O6. The maximum absolute atomic E-state index is 12.9. The maximum Gasteiger partial charge on any atom is 0.306 e. The van der Waals surface area contributed by atoms with Crippen LogP contribution in [0.25, 0.3) is 0 Å². The second-order valence-corrected chi connectivity index (χ2v) is 22.4. The summed E-state index contributed by atoms with van der Waals surface area (Å²) in [5.74, 6) is -0.824. The lowest BCUT2D eigenvalue weighted by atomic mass is 10.0. The van der Waals surface area contributed by atoms with Gasteiger partial charge in [-0.3, -0.25) is 14.4 Å². The molecule has 0 heterocycles. The van der Waals surface area contributed by atoms with E-state index in [0.29, 0.717) is 19.3 Å². The fraction of sp³-hybridized carbons (Fsp3) is 0.954. The highest BCUT2D eigenvalue weighted by atomic mass is 16.6. The summed E-state index contributed by atoms with van der Waals surface area (Å²) in [4.78, 5) is 38.3. The van der Waals surface area contributed by atoms with Crippen molar-refractivity contribution in [2.75, 3.05) is 13.2 Å². The average Bonchev–Trinajstić information content (AvgIpc) is 3.37. The van der Waals surface area contributed by atoms with Crippen molar-refractivity contribution in [2.24, 2.45) is 0 Å². The van der Waals surface area contributed by atoms with Crippen LogP contribution in [0.5, 0.6) is 0 Å². The Kier molecular flexibility index (Phi) is 59.6. The van der Waals surface area contributed by atoms with Crippen molar-refractivity contribution in [2.45, 2.75) is 386 Å². The van der Waals surface area contributed by atoms with Crippen LogP contribution in [0.15, 0.2) is 0 Å². The largest absolute Gasteiger partial charge is 0.462 e. The molecular weight excluding hydrogens is 877 g/mol. The zero-order valence-corrected chi connectivity index (χ0v) is 48.5. The van der Waals surface area contributed by atoms with Gasteiger partial charge in [0.1, 0.15) is 13.2 Å². The monoisotopic (exact) mass is 1000 g/mol. The molecule has 0 aromatic heterocycles. The molecule has 422 valence electrons. The van der Waals surface area contributed by atoms with Gasteiger partial charge < -0.3 is 14.2 Å². The molecule has 0 bridgehead atoms. The van der Waals surface area contributed by atoms with E-state index in [9.17, 15) is 14.4 Å². The molecule has 0 aromatic rings. The molecule has 0 N–H and O–H groups in total. The molecule has 0 aliphatic heterocycles. The van der Waals surface area contributed by atoms with Gasteiger partial charge in [0.05, 0.1) is 0 Å². The molecule has 0 saturated carbocycles. The van der Waals surface area contributed by atoms with Crippen molar-refractivity contribution in [3.05, 3.63) is 0 Å². The molecule has 0 amide bonds. The van der Waals surface area contributed by atoms with Crippen molar-refractivity contribution in [3.8, 4) is 0 Å². The van der Waals surface area contributed by atoms with Gasteiger partial charge in [-0.25, -0.2) is 0 Å². The highest BCUT2D eigenvalue weighted by Crippen LogP contribution is 2.19. The first kappa shape index (κ1) is 69.4. The van der Waals surface area contributed by atoms with Crippen molar-refractivity contribution in [1.29, 1.82) is 0 Å². The molecule has 71 heavy (non-hydrogen) atoms. The van der Waals surface area contributed by atoms with E-state index >= 15 is 0 Å². The molecule has 0 spiro atoms. The summed E-state index contributed by atoms with van der Waals surface area (Å²) >= 11 is 0. The number of hydrogen-bond donors (Lipinski definition) is 0. The number of ether oxygens (including phenoxy) is 3. The average molecular weight is 1000 g/mol. The van der Waals surface area contributed by atoms with Gasteiger partial charge in [-0.2, -0.15) is 0 Å². The van der Waals surface area contributed by atoms with E-state index in [4.69, 9.17) is 14.2 Å². The molecule has 1 unspecified atom stereocenters. The number of carbonyl (C=O) groups is 3. The first-order valence-corrected chi connectivity index (χ1v) is 32.5. The van der Waals surface area contributed by atoms with Crippen molar-refractivity contribution < 1.29 is 28.6 Å². The zero-order chi connectivity index (χ0) is 51.4. The SMILES string of the molecule is CCCCCCCCCCCCCCCCCCCCCCC(=O)OCC(COC(=O)CCCCCCCCCCCCCCCC)OC(=O)CCCCCCCCCCCCCCCCCCCCC. The van der Waals surface area contributed by atoms with Crippen molar-refractivity contribution >= 4 is 17.9 Å². The Hall–Kier alpha value is -1.59. The van der Waals surface area contributed by atoms with Crippen LogP contribution in [0.1, 0.15) is 380 Å². The number of rotatable bonds is 61. The third kappa shape index (κ3) is 59.2. The summed E-state index contributed by atoms with van der Waals surface area (Å²) in [5, 5.41) is 0. The van der Waals surface area contributed by atoms with Crippen LogP contribution in [-0.4, -0.2) is 37.2 Å². The summed E-state index contributed by atoms with van der Waals surface area (Å²) < 4.78 is 17.0. The van der Waals surface area contributed by atoms with Crippen molar-refractivity contribution in [1.82, 2.24) is 0 Å². The Morgan fingerprint density at radius 2 is 0.380 bits per heavy atom. The van der Waals surface area contributed by atoms with E-state index in [2.05, 4.69) is 20.8 Å². The molecule has 0 saturated heterocycles. The van der Waals surface area contributed by atoms with E-state index in [-0.39, 0.29) is 31.1 Å². The fourth-order valence-corrected chi connectivity index (χ4v) is 10.2. The minimum Gasteiger partial charge on any atom is -0.462 e. The first-order chi connectivity index (χ1) is 35.0. The lowest BCUT2D eigenvalue weighted by Gasteiger charge is -2.18. The highest BCUT2D eigenvalue weighted by Gasteiger charge is 2.19. The van der Waals surface area contributed by atoms with Crippen LogP contribution in [-0.2, 0) is 28.6 Å². The van der Waals surface area contributed by atoms with Crippen LogP contribution in [0, 0.1) is 0 Å². The lowest BCUT2D eigenvalue weighted by molar-refractivity contribution is -0.167. The molecule has 1 atom stereocenters. The summed E-state index contributed by atoms with van der Waals surface area (Å²) in [6.07, 6.45) is 69.7. The topological polar surface area (TPSA) is 78.9 Å². The quantitative estimate of drug-likeness (QED) is 0.0343. The Morgan fingerprint density at radius 3 is 0.563 bits per heavy atom. The smallest absolute Gasteiger partial charge is 0.306 e. The van der Waals surface area contributed by atoms with Crippen LogP contribution >= 0.6 is 0 Å². The maximum atomic E-state index is 12.9. The van der Waals surface area contributed by atoms with E-state index in [0.717, 1.165) is 57.8 Å². The number of hydrogen-bond acceptors (Lipinski definition) is 6. The summed E-state index contributed by atoms with van der Waals surface area (Å²) in [7, 11) is 0. The highest BCUT2D eigenvalue weighted by molar-refractivity contribution is 5.71. The minimum absolute atomic E-state index is 0.0604. The Bertz CT molecular complexity index is 1060. The van der Waals surface area contributed by atoms with Crippen LogP contribution in [0.3, 0.4) is 0 Å². The standard InChI is InChI=1S/C65H126O6/c1-4-7-10-13-16-19-22-25-28-30-32-34-35-37-40-43-46-49-52-55-58-64(67)70-61-62(60-69-63(66)57-54-51-48-45-42-39-27-24-21-18-15-12-9-6-3)71-65(68)59-56-53-50-47-44-41-38-36-33-31-29-26-23-20-17-14-11-8-5-2/h62H,4-61H2,1-3H3. The molecule has 0 aliphatic rings. The minimum atomic E-state index is -0.762. The molecule has 0 aromatic carbocycles.